The Morgan fingerprint density at radius 3 is 2.68 bits per heavy atom. The van der Waals surface area contributed by atoms with E-state index in [4.69, 9.17) is 0 Å². The largest absolute Gasteiger partial charge is 0.315 e. The summed E-state index contributed by atoms with van der Waals surface area (Å²) in [4.78, 5) is 23.7. The van der Waals surface area contributed by atoms with Crippen LogP contribution >= 0.6 is 0 Å². The van der Waals surface area contributed by atoms with Crippen molar-refractivity contribution in [1.29, 1.82) is 0 Å². The number of nitrogens with zero attached hydrogens (tertiary/aromatic N) is 2. The van der Waals surface area contributed by atoms with Gasteiger partial charge in [0.15, 0.2) is 0 Å². The Labute approximate surface area is 111 Å². The van der Waals surface area contributed by atoms with Gasteiger partial charge in [0.1, 0.15) is 0 Å². The van der Waals surface area contributed by atoms with Crippen LogP contribution in [0.25, 0.3) is 0 Å². The number of hydrogen-bond acceptors (Lipinski definition) is 4. The maximum atomic E-state index is 12.1. The van der Waals surface area contributed by atoms with Crippen molar-refractivity contribution in [3.63, 3.8) is 0 Å². The topological polar surface area (TPSA) is 75.5 Å². The van der Waals surface area contributed by atoms with E-state index in [9.17, 15) is 14.9 Å². The Morgan fingerprint density at radius 2 is 2.16 bits per heavy atom. The van der Waals surface area contributed by atoms with Gasteiger partial charge in [0.2, 0.25) is 5.91 Å². The van der Waals surface area contributed by atoms with Crippen LogP contribution in [0.2, 0.25) is 0 Å². The monoisotopic (exact) mass is 263 g/mol. The van der Waals surface area contributed by atoms with E-state index in [1.54, 1.807) is 24.1 Å². The molecule has 1 fully saturated rings. The smallest absolute Gasteiger partial charge is 0.269 e. The summed E-state index contributed by atoms with van der Waals surface area (Å²) >= 11 is 0. The molecule has 0 bridgehead atoms. The number of nitro groups is 1. The predicted octanol–water partition coefficient (Wildman–Crippen LogP) is 1.70. The molecule has 19 heavy (non-hydrogen) atoms. The molecular formula is C13H17N3O3. The Balaban J connectivity index is 1.99. The van der Waals surface area contributed by atoms with Crippen molar-refractivity contribution in [3.8, 4) is 0 Å². The van der Waals surface area contributed by atoms with Crippen LogP contribution in [0.5, 0.6) is 0 Å². The van der Waals surface area contributed by atoms with E-state index in [0.29, 0.717) is 12.1 Å². The van der Waals surface area contributed by atoms with Gasteiger partial charge in [-0.2, -0.15) is 0 Å². The molecule has 1 heterocycles. The van der Waals surface area contributed by atoms with Gasteiger partial charge in [-0.1, -0.05) is 0 Å². The van der Waals surface area contributed by atoms with Crippen molar-refractivity contribution in [1.82, 2.24) is 5.32 Å². The van der Waals surface area contributed by atoms with E-state index in [1.165, 1.54) is 12.1 Å². The number of nitro benzene ring substituents is 1. The number of carbonyl (C=O) groups is 1. The van der Waals surface area contributed by atoms with Crippen LogP contribution < -0.4 is 10.2 Å². The Morgan fingerprint density at radius 1 is 1.47 bits per heavy atom. The number of hydrogen-bond donors (Lipinski definition) is 1. The van der Waals surface area contributed by atoms with E-state index in [0.717, 1.165) is 19.4 Å². The lowest BCUT2D eigenvalue weighted by molar-refractivity contribution is -0.384. The standard InChI is InChI=1S/C13H17N3O3/c1-15(13(17)9-10-3-2-8-14-10)11-4-6-12(7-5-11)16(18)19/h4-7,10,14H,2-3,8-9H2,1H3. The number of rotatable bonds is 4. The summed E-state index contributed by atoms with van der Waals surface area (Å²) in [5.74, 6) is 0.0215. The first-order chi connectivity index (χ1) is 9.08. The van der Waals surface area contributed by atoms with Crippen LogP contribution in [-0.2, 0) is 4.79 Å². The average Bonchev–Trinajstić information content (AvgIpc) is 2.90. The van der Waals surface area contributed by atoms with Gasteiger partial charge in [-0.05, 0) is 31.5 Å². The minimum absolute atomic E-state index is 0.0215. The molecule has 102 valence electrons. The van der Waals surface area contributed by atoms with Gasteiger partial charge in [-0.15, -0.1) is 0 Å². The fourth-order valence-corrected chi connectivity index (χ4v) is 2.22. The number of anilines is 1. The van der Waals surface area contributed by atoms with E-state index in [2.05, 4.69) is 5.32 Å². The van der Waals surface area contributed by atoms with Crippen molar-refractivity contribution in [2.75, 3.05) is 18.5 Å². The number of carbonyl (C=O) groups excluding carboxylic acids is 1. The highest BCUT2D eigenvalue weighted by molar-refractivity contribution is 5.93. The van der Waals surface area contributed by atoms with Crippen molar-refractivity contribution < 1.29 is 9.72 Å². The highest BCUT2D eigenvalue weighted by Gasteiger charge is 2.20. The lowest BCUT2D eigenvalue weighted by atomic mass is 10.1. The molecule has 1 unspecified atom stereocenters. The van der Waals surface area contributed by atoms with Gasteiger partial charge in [0, 0.05) is 37.3 Å². The van der Waals surface area contributed by atoms with Crippen LogP contribution in [0, 0.1) is 10.1 Å². The van der Waals surface area contributed by atoms with E-state index in [1.807, 2.05) is 0 Å². The molecule has 2 rings (SSSR count). The zero-order valence-electron chi connectivity index (χ0n) is 10.8. The minimum atomic E-state index is -0.450. The second kappa shape index (κ2) is 5.79. The van der Waals surface area contributed by atoms with Gasteiger partial charge in [0.25, 0.3) is 5.69 Å². The molecule has 0 aromatic heterocycles. The summed E-state index contributed by atoms with van der Waals surface area (Å²) in [5.41, 5.74) is 0.704. The molecule has 0 spiro atoms. The summed E-state index contributed by atoms with van der Waals surface area (Å²) in [6.45, 7) is 0.971. The molecule has 1 amide bonds. The van der Waals surface area contributed by atoms with Gasteiger partial charge in [-0.25, -0.2) is 0 Å². The van der Waals surface area contributed by atoms with Crippen molar-refractivity contribution in [3.05, 3.63) is 34.4 Å². The predicted molar refractivity (Wildman–Crippen MR) is 72.1 cm³/mol. The summed E-state index contributed by atoms with van der Waals surface area (Å²) < 4.78 is 0. The second-order valence-electron chi connectivity index (χ2n) is 4.72. The summed E-state index contributed by atoms with van der Waals surface area (Å²) in [5, 5.41) is 13.8. The van der Waals surface area contributed by atoms with Gasteiger partial charge in [0.05, 0.1) is 4.92 Å². The highest BCUT2D eigenvalue weighted by Crippen LogP contribution is 2.20. The maximum absolute atomic E-state index is 12.1. The molecule has 1 atom stereocenters. The summed E-state index contributed by atoms with van der Waals surface area (Å²) in [6, 6.07) is 6.27. The molecule has 1 aliphatic rings. The van der Waals surface area contributed by atoms with Crippen LogP contribution in [-0.4, -0.2) is 30.5 Å². The number of non-ortho nitro benzene ring substituents is 1. The fraction of sp³-hybridized carbons (Fsp3) is 0.462. The first-order valence-electron chi connectivity index (χ1n) is 6.32. The lowest BCUT2D eigenvalue weighted by Gasteiger charge is -2.19. The molecule has 0 radical (unpaired) electrons. The molecule has 6 nitrogen and oxygen atoms in total. The molecule has 1 aromatic rings. The first kappa shape index (κ1) is 13.5. The molecule has 1 N–H and O–H groups in total. The quantitative estimate of drug-likeness (QED) is 0.662. The minimum Gasteiger partial charge on any atom is -0.315 e. The average molecular weight is 263 g/mol. The first-order valence-corrected chi connectivity index (χ1v) is 6.32. The van der Waals surface area contributed by atoms with Gasteiger partial charge < -0.3 is 10.2 Å². The van der Waals surface area contributed by atoms with E-state index < -0.39 is 4.92 Å². The molecule has 0 aliphatic carbocycles. The summed E-state index contributed by atoms with van der Waals surface area (Å²) in [6.07, 6.45) is 2.60. The maximum Gasteiger partial charge on any atom is 0.269 e. The molecule has 1 aromatic carbocycles. The highest BCUT2D eigenvalue weighted by atomic mass is 16.6. The zero-order chi connectivity index (χ0) is 13.8. The van der Waals surface area contributed by atoms with Crippen LogP contribution in [0.4, 0.5) is 11.4 Å². The van der Waals surface area contributed by atoms with Crippen molar-refractivity contribution >= 4 is 17.3 Å². The number of nitrogens with one attached hydrogen (secondary N) is 1. The second-order valence-corrected chi connectivity index (χ2v) is 4.72. The van der Waals surface area contributed by atoms with Crippen molar-refractivity contribution in [2.24, 2.45) is 0 Å². The van der Waals surface area contributed by atoms with Crippen molar-refractivity contribution in [2.45, 2.75) is 25.3 Å². The van der Waals surface area contributed by atoms with E-state index in [-0.39, 0.29) is 17.6 Å². The Hall–Kier alpha value is -1.95. The SMILES string of the molecule is CN(C(=O)CC1CCCN1)c1ccc([N+](=O)[O-])cc1. The third-order valence-corrected chi connectivity index (χ3v) is 3.41. The third-order valence-electron chi connectivity index (χ3n) is 3.41. The van der Waals surface area contributed by atoms with Gasteiger partial charge in [-0.3, -0.25) is 14.9 Å². The molecular weight excluding hydrogens is 246 g/mol. The number of benzene rings is 1. The molecule has 1 saturated heterocycles. The van der Waals surface area contributed by atoms with Crippen LogP contribution in [0.15, 0.2) is 24.3 Å². The van der Waals surface area contributed by atoms with E-state index >= 15 is 0 Å². The normalized spacial score (nSPS) is 18.3. The third kappa shape index (κ3) is 3.29. The Bertz CT molecular complexity index is 467. The van der Waals surface area contributed by atoms with Crippen LogP contribution in [0.3, 0.4) is 0 Å². The molecule has 6 heteroatoms. The fourth-order valence-electron chi connectivity index (χ4n) is 2.22. The zero-order valence-corrected chi connectivity index (χ0v) is 10.8. The van der Waals surface area contributed by atoms with Gasteiger partial charge >= 0.3 is 0 Å². The summed E-state index contributed by atoms with van der Waals surface area (Å²) in [7, 11) is 1.69. The Kier molecular flexibility index (Phi) is 4.11. The molecule has 1 aliphatic heterocycles. The number of amides is 1. The molecule has 0 saturated carbocycles. The lowest BCUT2D eigenvalue weighted by Crippen LogP contribution is -2.33. The van der Waals surface area contributed by atoms with Crippen LogP contribution in [0.1, 0.15) is 19.3 Å².